The number of thiophene rings is 1. The van der Waals surface area contributed by atoms with E-state index in [4.69, 9.17) is 4.74 Å². The average molecular weight is 422 g/mol. The monoisotopic (exact) mass is 422 g/mol. The Kier molecular flexibility index (Phi) is 5.25. The molecular weight excluding hydrogens is 404 g/mol. The van der Waals surface area contributed by atoms with E-state index in [1.54, 1.807) is 24.3 Å². The lowest BCUT2D eigenvalue weighted by Gasteiger charge is -2.10. The molecule has 30 heavy (non-hydrogen) atoms. The van der Waals surface area contributed by atoms with Crippen LogP contribution in [0.3, 0.4) is 0 Å². The third-order valence-corrected chi connectivity index (χ3v) is 6.23. The number of aromatic nitrogens is 2. The molecule has 0 saturated heterocycles. The zero-order valence-electron chi connectivity index (χ0n) is 16.1. The fourth-order valence-corrected chi connectivity index (χ4v) is 4.69. The van der Waals surface area contributed by atoms with Crippen LogP contribution in [0.4, 0.5) is 5.00 Å². The molecule has 2 aromatic heterocycles. The first kappa shape index (κ1) is 19.7. The third kappa shape index (κ3) is 3.42. The van der Waals surface area contributed by atoms with E-state index in [0.717, 1.165) is 40.7 Å². The molecule has 3 aromatic rings. The van der Waals surface area contributed by atoms with Crippen molar-refractivity contribution in [2.45, 2.75) is 25.7 Å². The summed E-state index contributed by atoms with van der Waals surface area (Å²) in [4.78, 5) is 32.3. The number of aromatic amines is 1. The summed E-state index contributed by atoms with van der Waals surface area (Å²) in [7, 11) is 1.52. The summed E-state index contributed by atoms with van der Waals surface area (Å²) in [6.07, 6.45) is 5.08. The first-order valence-corrected chi connectivity index (χ1v) is 10.2. The van der Waals surface area contributed by atoms with Crippen molar-refractivity contribution >= 4 is 22.6 Å². The molecule has 0 spiro atoms. The minimum atomic E-state index is -0.774. The van der Waals surface area contributed by atoms with Gasteiger partial charge >= 0.3 is 5.69 Å². The highest BCUT2D eigenvalue weighted by atomic mass is 32.1. The summed E-state index contributed by atoms with van der Waals surface area (Å²) in [5.41, 5.74) is 0.205. The molecule has 1 aromatic carbocycles. The van der Waals surface area contributed by atoms with Crippen molar-refractivity contribution in [2.75, 3.05) is 7.11 Å². The minimum absolute atomic E-state index is 0.166. The van der Waals surface area contributed by atoms with Gasteiger partial charge in [-0.2, -0.15) is 5.26 Å². The van der Waals surface area contributed by atoms with Gasteiger partial charge in [0.25, 0.3) is 5.56 Å². The normalized spacial score (nSPS) is 13.2. The number of nitrogens with one attached hydrogen (secondary N) is 1. The molecule has 0 radical (unpaired) electrons. The number of aromatic hydroxyl groups is 1. The van der Waals surface area contributed by atoms with Crippen LogP contribution in [0.15, 0.2) is 38.8 Å². The highest BCUT2D eigenvalue weighted by Gasteiger charge is 2.21. The fraction of sp³-hybridized carbons (Fsp3) is 0.238. The maximum atomic E-state index is 12.3. The molecule has 1 aliphatic carbocycles. The lowest BCUT2D eigenvalue weighted by molar-refractivity contribution is 0.414. The standard InChI is InChI=1S/C21H18N4O4S/c1-29-13-8-6-12(7-9-13)25-20(27)16(18(26)24-21(25)28)11-23-19-15(10-22)14-4-2-3-5-17(14)30-19/h6-9,11,27H,2-5H2,1H3,(H,24,26,28). The Hall–Kier alpha value is -3.64. The topological polar surface area (TPSA) is 120 Å². The van der Waals surface area contributed by atoms with Gasteiger partial charge in [0.05, 0.1) is 18.4 Å². The summed E-state index contributed by atoms with van der Waals surface area (Å²) in [6.45, 7) is 0. The Morgan fingerprint density at radius 1 is 1.27 bits per heavy atom. The van der Waals surface area contributed by atoms with Crippen LogP contribution in [0.5, 0.6) is 11.6 Å². The molecular formula is C21H18N4O4S. The minimum Gasteiger partial charge on any atom is -0.497 e. The second-order valence-electron chi connectivity index (χ2n) is 6.79. The van der Waals surface area contributed by atoms with E-state index in [9.17, 15) is 20.0 Å². The lowest BCUT2D eigenvalue weighted by atomic mass is 9.96. The zero-order valence-corrected chi connectivity index (χ0v) is 17.0. The number of hydrogen-bond donors (Lipinski definition) is 2. The predicted molar refractivity (Wildman–Crippen MR) is 114 cm³/mol. The molecule has 0 aliphatic heterocycles. The van der Waals surface area contributed by atoms with Crippen LogP contribution in [-0.2, 0) is 12.8 Å². The number of benzene rings is 1. The van der Waals surface area contributed by atoms with Gasteiger partial charge in [-0.1, -0.05) is 0 Å². The Morgan fingerprint density at radius 3 is 2.70 bits per heavy atom. The Bertz CT molecular complexity index is 1290. The number of fused-ring (bicyclic) bond motifs is 1. The number of aryl methyl sites for hydroxylation is 1. The number of rotatable bonds is 4. The van der Waals surface area contributed by atoms with Crippen molar-refractivity contribution in [3.63, 3.8) is 0 Å². The van der Waals surface area contributed by atoms with Crippen molar-refractivity contribution in [2.24, 2.45) is 4.99 Å². The Labute approximate surface area is 175 Å². The van der Waals surface area contributed by atoms with Crippen LogP contribution in [0.2, 0.25) is 0 Å². The summed E-state index contributed by atoms with van der Waals surface area (Å²) in [6, 6.07) is 8.64. The smallest absolute Gasteiger partial charge is 0.335 e. The van der Waals surface area contributed by atoms with Crippen molar-refractivity contribution in [3.05, 3.63) is 66.7 Å². The van der Waals surface area contributed by atoms with Gasteiger partial charge < -0.3 is 9.84 Å². The van der Waals surface area contributed by atoms with Crippen molar-refractivity contribution in [1.29, 1.82) is 5.26 Å². The first-order valence-electron chi connectivity index (χ1n) is 9.35. The maximum absolute atomic E-state index is 12.3. The molecule has 152 valence electrons. The number of H-pyrrole nitrogens is 1. The number of methoxy groups -OCH3 is 1. The molecule has 0 bridgehead atoms. The maximum Gasteiger partial charge on any atom is 0.335 e. The quantitative estimate of drug-likeness (QED) is 0.627. The molecule has 2 heterocycles. The number of ether oxygens (including phenoxy) is 1. The van der Waals surface area contributed by atoms with Gasteiger partial charge in [0.2, 0.25) is 5.88 Å². The van der Waals surface area contributed by atoms with Crippen LogP contribution < -0.4 is 16.0 Å². The van der Waals surface area contributed by atoms with Crippen molar-refractivity contribution < 1.29 is 9.84 Å². The number of aliphatic imine (C=N–C) groups is 1. The Morgan fingerprint density at radius 2 is 2.00 bits per heavy atom. The van der Waals surface area contributed by atoms with E-state index in [0.29, 0.717) is 22.0 Å². The summed E-state index contributed by atoms with van der Waals surface area (Å²) >= 11 is 1.43. The van der Waals surface area contributed by atoms with Gasteiger partial charge in [0, 0.05) is 11.1 Å². The lowest BCUT2D eigenvalue weighted by Crippen LogP contribution is -2.31. The summed E-state index contributed by atoms with van der Waals surface area (Å²) in [5.74, 6) is 0.0562. The summed E-state index contributed by atoms with van der Waals surface area (Å²) < 4.78 is 6.08. The van der Waals surface area contributed by atoms with Crippen LogP contribution in [0.1, 0.15) is 34.4 Å². The highest BCUT2D eigenvalue weighted by molar-refractivity contribution is 7.16. The molecule has 0 unspecified atom stereocenters. The van der Waals surface area contributed by atoms with Crippen LogP contribution in [0.25, 0.3) is 5.69 Å². The van der Waals surface area contributed by atoms with E-state index < -0.39 is 17.1 Å². The van der Waals surface area contributed by atoms with Crippen LogP contribution in [0, 0.1) is 11.3 Å². The van der Waals surface area contributed by atoms with Gasteiger partial charge in [-0.3, -0.25) is 9.78 Å². The summed E-state index contributed by atoms with van der Waals surface area (Å²) in [5, 5.41) is 20.7. The second-order valence-corrected chi connectivity index (χ2v) is 7.87. The van der Waals surface area contributed by atoms with Gasteiger partial charge in [0.1, 0.15) is 22.4 Å². The van der Waals surface area contributed by atoms with Crippen molar-refractivity contribution in [3.8, 4) is 23.4 Å². The SMILES string of the molecule is COc1ccc(-n2c(O)c(C=Nc3sc4c(c3C#N)CCCC4)c(=O)[nH]c2=O)cc1. The van der Waals surface area contributed by atoms with Gasteiger partial charge in [0.15, 0.2) is 0 Å². The van der Waals surface area contributed by atoms with E-state index in [2.05, 4.69) is 16.0 Å². The molecule has 0 atom stereocenters. The van der Waals surface area contributed by atoms with E-state index in [1.807, 2.05) is 0 Å². The van der Waals surface area contributed by atoms with Gasteiger partial charge in [-0.25, -0.2) is 14.4 Å². The van der Waals surface area contributed by atoms with Crippen LogP contribution in [-0.4, -0.2) is 28.0 Å². The molecule has 9 heteroatoms. The third-order valence-electron chi connectivity index (χ3n) is 5.03. The molecule has 0 amide bonds. The van der Waals surface area contributed by atoms with Crippen LogP contribution >= 0.6 is 11.3 Å². The second kappa shape index (κ2) is 8.00. The predicted octanol–water partition coefficient (Wildman–Crippen LogP) is 2.80. The van der Waals surface area contributed by atoms with E-state index >= 15 is 0 Å². The van der Waals surface area contributed by atoms with E-state index in [1.165, 1.54) is 24.7 Å². The van der Waals surface area contributed by atoms with Gasteiger partial charge in [-0.05, 0) is 55.5 Å². The first-order chi connectivity index (χ1) is 14.5. The number of nitrogens with zero attached hydrogens (tertiary/aromatic N) is 3. The molecule has 0 saturated carbocycles. The Balaban J connectivity index is 1.79. The number of hydrogen-bond acceptors (Lipinski definition) is 7. The number of nitriles is 1. The van der Waals surface area contributed by atoms with E-state index in [-0.39, 0.29) is 5.56 Å². The zero-order chi connectivity index (χ0) is 21.3. The fourth-order valence-electron chi connectivity index (χ4n) is 3.51. The molecule has 2 N–H and O–H groups in total. The molecule has 0 fully saturated rings. The highest BCUT2D eigenvalue weighted by Crippen LogP contribution is 2.39. The van der Waals surface area contributed by atoms with Crippen molar-refractivity contribution in [1.82, 2.24) is 9.55 Å². The largest absolute Gasteiger partial charge is 0.497 e. The molecule has 4 rings (SSSR count). The van der Waals surface area contributed by atoms with Gasteiger partial charge in [-0.15, -0.1) is 11.3 Å². The molecule has 8 nitrogen and oxygen atoms in total. The molecule has 1 aliphatic rings. The average Bonchev–Trinajstić information content (AvgIpc) is 3.11.